The summed E-state index contributed by atoms with van der Waals surface area (Å²) in [5.41, 5.74) is 2.12. The molecule has 3 aromatic rings. The van der Waals surface area contributed by atoms with Gasteiger partial charge in [0.2, 0.25) is 0 Å². The summed E-state index contributed by atoms with van der Waals surface area (Å²) in [5, 5.41) is 15.7. The molecule has 9 nitrogen and oxygen atoms in total. The maximum atomic E-state index is 12.7. The molecular weight excluding hydrogens is 448 g/mol. The van der Waals surface area contributed by atoms with E-state index in [0.717, 1.165) is 5.56 Å². The number of hydrogen-bond donors (Lipinski definition) is 1. The normalized spacial score (nSPS) is 10.4. The first-order valence-electron chi connectivity index (χ1n) is 9.94. The molecule has 3 rings (SSSR count). The van der Waals surface area contributed by atoms with Crippen LogP contribution in [-0.4, -0.2) is 37.1 Å². The highest BCUT2D eigenvalue weighted by molar-refractivity contribution is 7.15. The first kappa shape index (κ1) is 23.7. The van der Waals surface area contributed by atoms with Crippen LogP contribution >= 0.6 is 11.3 Å². The maximum absolute atomic E-state index is 12.7. The molecule has 1 amide bonds. The molecule has 172 valence electrons. The molecule has 1 aromatic heterocycles. The summed E-state index contributed by atoms with van der Waals surface area (Å²) in [6.07, 6.45) is 0. The average Bonchev–Trinajstić information content (AvgIpc) is 3.21. The highest BCUT2D eigenvalue weighted by Crippen LogP contribution is 2.37. The van der Waals surface area contributed by atoms with Crippen molar-refractivity contribution in [3.8, 4) is 22.6 Å². The molecule has 0 radical (unpaired) electrons. The van der Waals surface area contributed by atoms with Crippen molar-refractivity contribution in [2.75, 3.05) is 25.6 Å². The highest BCUT2D eigenvalue weighted by Gasteiger charge is 2.23. The average molecular weight is 471 g/mol. The number of nitro groups is 1. The van der Waals surface area contributed by atoms with Gasteiger partial charge in [-0.05, 0) is 43.2 Å². The van der Waals surface area contributed by atoms with Crippen LogP contribution in [0.3, 0.4) is 0 Å². The van der Waals surface area contributed by atoms with Gasteiger partial charge in [0, 0.05) is 23.1 Å². The Hall–Kier alpha value is -3.92. The van der Waals surface area contributed by atoms with Gasteiger partial charge in [-0.25, -0.2) is 4.79 Å². The number of nitrogens with zero attached hydrogens (tertiary/aromatic N) is 1. The highest BCUT2D eigenvalue weighted by atomic mass is 32.1. The molecule has 0 spiro atoms. The van der Waals surface area contributed by atoms with Crippen LogP contribution in [0.2, 0.25) is 0 Å². The topological polar surface area (TPSA) is 117 Å². The summed E-state index contributed by atoms with van der Waals surface area (Å²) < 4.78 is 15.9. The number of nitro benzene ring substituents is 1. The van der Waals surface area contributed by atoms with E-state index in [1.165, 1.54) is 29.5 Å². The van der Waals surface area contributed by atoms with Crippen molar-refractivity contribution < 1.29 is 28.7 Å². The zero-order valence-corrected chi connectivity index (χ0v) is 19.1. The number of esters is 1. The molecule has 0 saturated carbocycles. The SMILES string of the molecule is CCOC(=O)c1c(-c2ccc(OC)cc2)csc1NC(=O)COc1ccc([N+](=O)[O-])cc1C. The number of thiophene rings is 1. The van der Waals surface area contributed by atoms with Crippen molar-refractivity contribution in [1.82, 2.24) is 0 Å². The van der Waals surface area contributed by atoms with Crippen LogP contribution in [0.25, 0.3) is 11.1 Å². The third kappa shape index (κ3) is 5.66. The van der Waals surface area contributed by atoms with Gasteiger partial charge in [0.1, 0.15) is 22.1 Å². The van der Waals surface area contributed by atoms with E-state index in [2.05, 4.69) is 5.32 Å². The molecule has 0 atom stereocenters. The minimum absolute atomic E-state index is 0.0620. The third-order valence-electron chi connectivity index (χ3n) is 4.65. The number of hydrogen-bond acceptors (Lipinski definition) is 8. The van der Waals surface area contributed by atoms with Gasteiger partial charge in [0.15, 0.2) is 6.61 Å². The summed E-state index contributed by atoms with van der Waals surface area (Å²) in [6.45, 7) is 3.21. The molecule has 1 N–H and O–H groups in total. The maximum Gasteiger partial charge on any atom is 0.341 e. The number of rotatable bonds is 9. The number of aryl methyl sites for hydroxylation is 1. The van der Waals surface area contributed by atoms with E-state index < -0.39 is 16.8 Å². The first-order chi connectivity index (χ1) is 15.8. The fourth-order valence-corrected chi connectivity index (χ4v) is 4.03. The molecule has 0 bridgehead atoms. The van der Waals surface area contributed by atoms with Crippen LogP contribution in [0.1, 0.15) is 22.8 Å². The Bertz CT molecular complexity index is 1170. The van der Waals surface area contributed by atoms with Gasteiger partial charge in [-0.3, -0.25) is 14.9 Å². The summed E-state index contributed by atoms with van der Waals surface area (Å²) >= 11 is 1.20. The number of nitrogens with one attached hydrogen (secondary N) is 1. The number of carbonyl (C=O) groups is 2. The van der Waals surface area contributed by atoms with Crippen molar-refractivity contribution in [3.05, 3.63) is 69.1 Å². The molecule has 0 unspecified atom stereocenters. The Morgan fingerprint density at radius 3 is 2.48 bits per heavy atom. The minimum atomic E-state index is -0.549. The number of non-ortho nitro benzene ring substituents is 1. The van der Waals surface area contributed by atoms with Gasteiger partial charge in [-0.15, -0.1) is 11.3 Å². The van der Waals surface area contributed by atoms with Crippen LogP contribution in [0.5, 0.6) is 11.5 Å². The summed E-state index contributed by atoms with van der Waals surface area (Å²) in [6, 6.07) is 11.3. The van der Waals surface area contributed by atoms with Gasteiger partial charge in [-0.1, -0.05) is 12.1 Å². The van der Waals surface area contributed by atoms with E-state index in [4.69, 9.17) is 14.2 Å². The Labute approximate surface area is 194 Å². The summed E-state index contributed by atoms with van der Waals surface area (Å²) in [5.74, 6) is -0.00113. The lowest BCUT2D eigenvalue weighted by Gasteiger charge is -2.11. The van der Waals surface area contributed by atoms with E-state index in [9.17, 15) is 19.7 Å². The summed E-state index contributed by atoms with van der Waals surface area (Å²) in [4.78, 5) is 35.5. The molecule has 0 aliphatic rings. The van der Waals surface area contributed by atoms with Gasteiger partial charge in [0.25, 0.3) is 11.6 Å². The second-order valence-electron chi connectivity index (χ2n) is 6.85. The smallest absolute Gasteiger partial charge is 0.341 e. The minimum Gasteiger partial charge on any atom is -0.497 e. The van der Waals surface area contributed by atoms with E-state index in [1.807, 2.05) is 12.1 Å². The van der Waals surface area contributed by atoms with Gasteiger partial charge >= 0.3 is 5.97 Å². The van der Waals surface area contributed by atoms with Crippen molar-refractivity contribution in [3.63, 3.8) is 0 Å². The molecule has 0 fully saturated rings. The lowest BCUT2D eigenvalue weighted by Crippen LogP contribution is -2.21. The number of ether oxygens (including phenoxy) is 3. The van der Waals surface area contributed by atoms with Crippen LogP contribution in [-0.2, 0) is 9.53 Å². The van der Waals surface area contributed by atoms with Crippen LogP contribution in [0.4, 0.5) is 10.7 Å². The quantitative estimate of drug-likeness (QED) is 0.270. The monoisotopic (exact) mass is 470 g/mol. The molecule has 1 heterocycles. The standard InChI is InChI=1S/C23H22N2O7S/c1-4-31-23(27)21-18(15-5-8-17(30-3)9-6-15)13-33-22(21)24-20(26)12-32-19-10-7-16(25(28)29)11-14(19)2/h5-11,13H,4,12H2,1-3H3,(H,24,26). The van der Waals surface area contributed by atoms with Gasteiger partial charge < -0.3 is 19.5 Å². The number of carbonyl (C=O) groups excluding carboxylic acids is 2. The fourth-order valence-electron chi connectivity index (χ4n) is 3.05. The Balaban J connectivity index is 1.78. The van der Waals surface area contributed by atoms with Crippen molar-refractivity contribution in [1.29, 1.82) is 0 Å². The van der Waals surface area contributed by atoms with Crippen LogP contribution in [0, 0.1) is 17.0 Å². The molecular formula is C23H22N2O7S. The van der Waals surface area contributed by atoms with Crippen molar-refractivity contribution >= 4 is 33.9 Å². The van der Waals surface area contributed by atoms with E-state index in [-0.39, 0.29) is 24.5 Å². The number of amides is 1. The van der Waals surface area contributed by atoms with E-state index in [1.54, 1.807) is 38.5 Å². The Morgan fingerprint density at radius 1 is 1.15 bits per heavy atom. The van der Waals surface area contributed by atoms with Crippen LogP contribution < -0.4 is 14.8 Å². The molecule has 10 heteroatoms. The van der Waals surface area contributed by atoms with Gasteiger partial charge in [0.05, 0.1) is 18.6 Å². The van der Waals surface area contributed by atoms with E-state index in [0.29, 0.717) is 27.6 Å². The predicted octanol–water partition coefficient (Wildman–Crippen LogP) is 4.83. The van der Waals surface area contributed by atoms with Crippen LogP contribution in [0.15, 0.2) is 47.8 Å². The lowest BCUT2D eigenvalue weighted by atomic mass is 10.0. The molecule has 0 saturated heterocycles. The predicted molar refractivity (Wildman–Crippen MR) is 124 cm³/mol. The molecule has 33 heavy (non-hydrogen) atoms. The number of methoxy groups -OCH3 is 1. The Kier molecular flexibility index (Phi) is 7.62. The Morgan fingerprint density at radius 2 is 1.88 bits per heavy atom. The van der Waals surface area contributed by atoms with Crippen molar-refractivity contribution in [2.24, 2.45) is 0 Å². The molecule has 0 aliphatic heterocycles. The zero-order valence-electron chi connectivity index (χ0n) is 18.2. The zero-order chi connectivity index (χ0) is 24.0. The van der Waals surface area contributed by atoms with Crippen molar-refractivity contribution in [2.45, 2.75) is 13.8 Å². The summed E-state index contributed by atoms with van der Waals surface area (Å²) in [7, 11) is 1.57. The number of anilines is 1. The lowest BCUT2D eigenvalue weighted by molar-refractivity contribution is -0.384. The fraction of sp³-hybridized carbons (Fsp3) is 0.217. The van der Waals surface area contributed by atoms with Gasteiger partial charge in [-0.2, -0.15) is 0 Å². The largest absolute Gasteiger partial charge is 0.497 e. The molecule has 2 aromatic carbocycles. The third-order valence-corrected chi connectivity index (χ3v) is 5.55. The van der Waals surface area contributed by atoms with E-state index >= 15 is 0 Å². The molecule has 0 aliphatic carbocycles. The first-order valence-corrected chi connectivity index (χ1v) is 10.8. The number of benzene rings is 2. The second-order valence-corrected chi connectivity index (χ2v) is 7.73. The second kappa shape index (κ2) is 10.6.